The van der Waals surface area contributed by atoms with Crippen LogP contribution in [-0.4, -0.2) is 36.3 Å². The number of nitro groups is 1. The third-order valence-corrected chi connectivity index (χ3v) is 2.94. The van der Waals surface area contributed by atoms with E-state index in [1.807, 2.05) is 0 Å². The van der Waals surface area contributed by atoms with E-state index in [9.17, 15) is 20.0 Å². The minimum absolute atomic E-state index is 0.0683. The summed E-state index contributed by atoms with van der Waals surface area (Å²) in [4.78, 5) is 21.7. The molecule has 21 heavy (non-hydrogen) atoms. The summed E-state index contributed by atoms with van der Waals surface area (Å²) in [6.45, 7) is 3.41. The fourth-order valence-corrected chi connectivity index (χ4v) is 1.82. The molecule has 8 nitrogen and oxygen atoms in total. The van der Waals surface area contributed by atoms with Gasteiger partial charge in [0.25, 0.3) is 5.69 Å². The van der Waals surface area contributed by atoms with Gasteiger partial charge >= 0.3 is 5.97 Å². The van der Waals surface area contributed by atoms with E-state index in [-0.39, 0.29) is 28.8 Å². The first-order chi connectivity index (χ1) is 9.81. The van der Waals surface area contributed by atoms with Gasteiger partial charge in [0.15, 0.2) is 11.5 Å². The summed E-state index contributed by atoms with van der Waals surface area (Å²) in [6.07, 6.45) is 0. The number of nitrogens with zero attached hydrogens (tertiary/aromatic N) is 1. The van der Waals surface area contributed by atoms with E-state index in [1.165, 1.54) is 26.4 Å². The molecule has 0 fully saturated rings. The number of hydrogen-bond donors (Lipinski definition) is 2. The summed E-state index contributed by atoms with van der Waals surface area (Å²) in [6, 6.07) is 1.59. The highest BCUT2D eigenvalue weighted by Crippen LogP contribution is 2.38. The van der Waals surface area contributed by atoms with Gasteiger partial charge in [-0.05, 0) is 5.92 Å². The highest BCUT2D eigenvalue weighted by molar-refractivity contribution is 5.80. The van der Waals surface area contributed by atoms with E-state index in [0.29, 0.717) is 0 Å². The second-order valence-electron chi connectivity index (χ2n) is 4.69. The van der Waals surface area contributed by atoms with Gasteiger partial charge in [-0.15, -0.1) is 0 Å². The molecule has 1 unspecified atom stereocenters. The lowest BCUT2D eigenvalue weighted by Crippen LogP contribution is -2.34. The minimum atomic E-state index is -1.09. The van der Waals surface area contributed by atoms with Crippen molar-refractivity contribution >= 4 is 17.3 Å². The van der Waals surface area contributed by atoms with E-state index in [1.54, 1.807) is 13.8 Å². The van der Waals surface area contributed by atoms with E-state index >= 15 is 0 Å². The summed E-state index contributed by atoms with van der Waals surface area (Å²) >= 11 is 0. The molecule has 1 aromatic carbocycles. The van der Waals surface area contributed by atoms with E-state index in [4.69, 9.17) is 9.47 Å². The van der Waals surface area contributed by atoms with Gasteiger partial charge in [0.1, 0.15) is 11.7 Å². The van der Waals surface area contributed by atoms with Crippen LogP contribution in [0.15, 0.2) is 12.1 Å². The Balaban J connectivity index is 3.32. The molecule has 0 aliphatic rings. The lowest BCUT2D eigenvalue weighted by atomic mass is 10.0. The van der Waals surface area contributed by atoms with Crippen molar-refractivity contribution in [1.82, 2.24) is 0 Å². The zero-order valence-electron chi connectivity index (χ0n) is 12.2. The van der Waals surface area contributed by atoms with Gasteiger partial charge in [-0.25, -0.2) is 4.79 Å². The van der Waals surface area contributed by atoms with Crippen LogP contribution in [-0.2, 0) is 4.79 Å². The lowest BCUT2D eigenvalue weighted by molar-refractivity contribution is -0.384. The number of aliphatic carboxylic acids is 1. The number of ether oxygens (including phenoxy) is 2. The van der Waals surface area contributed by atoms with Crippen LogP contribution in [0.3, 0.4) is 0 Å². The zero-order valence-corrected chi connectivity index (χ0v) is 12.2. The first kappa shape index (κ1) is 16.5. The smallest absolute Gasteiger partial charge is 0.326 e. The van der Waals surface area contributed by atoms with Crippen molar-refractivity contribution in [3.63, 3.8) is 0 Å². The average molecular weight is 298 g/mol. The SMILES string of the molecule is COc1cc(NC(C(=O)O)C(C)C)c([N+](=O)[O-])cc1OC. The van der Waals surface area contributed by atoms with E-state index in [2.05, 4.69) is 5.32 Å². The quantitative estimate of drug-likeness (QED) is 0.586. The summed E-state index contributed by atoms with van der Waals surface area (Å²) in [5.74, 6) is -0.867. The van der Waals surface area contributed by atoms with Crippen molar-refractivity contribution in [2.24, 2.45) is 5.92 Å². The van der Waals surface area contributed by atoms with Crippen molar-refractivity contribution in [2.45, 2.75) is 19.9 Å². The molecule has 1 aromatic rings. The van der Waals surface area contributed by atoms with Crippen LogP contribution in [0.25, 0.3) is 0 Å². The highest BCUT2D eigenvalue weighted by atomic mass is 16.6. The number of carboxylic acid groups (broad SMARTS) is 1. The fourth-order valence-electron chi connectivity index (χ4n) is 1.82. The Bertz CT molecular complexity index is 544. The molecule has 0 saturated carbocycles. The molecule has 1 rings (SSSR count). The van der Waals surface area contributed by atoms with Crippen molar-refractivity contribution in [2.75, 3.05) is 19.5 Å². The summed E-state index contributed by atoms with van der Waals surface area (Å²) in [5.41, 5.74) is -0.210. The molecule has 8 heteroatoms. The Labute approximate surface area is 121 Å². The van der Waals surface area contributed by atoms with Gasteiger partial charge in [-0.3, -0.25) is 10.1 Å². The predicted molar refractivity (Wildman–Crippen MR) is 76.1 cm³/mol. The largest absolute Gasteiger partial charge is 0.493 e. The lowest BCUT2D eigenvalue weighted by Gasteiger charge is -2.20. The molecule has 0 amide bonds. The molecule has 0 radical (unpaired) electrons. The van der Waals surface area contributed by atoms with Crippen LogP contribution < -0.4 is 14.8 Å². The van der Waals surface area contributed by atoms with Gasteiger partial charge in [-0.2, -0.15) is 0 Å². The van der Waals surface area contributed by atoms with Crippen LogP contribution in [0, 0.1) is 16.0 Å². The molecule has 0 heterocycles. The number of rotatable bonds is 7. The number of carbonyl (C=O) groups is 1. The molecular weight excluding hydrogens is 280 g/mol. The predicted octanol–water partition coefficient (Wildman–Crippen LogP) is 2.13. The number of anilines is 1. The van der Waals surface area contributed by atoms with Gasteiger partial charge in [0.2, 0.25) is 0 Å². The fraction of sp³-hybridized carbons (Fsp3) is 0.462. The third-order valence-electron chi connectivity index (χ3n) is 2.94. The number of methoxy groups -OCH3 is 2. The Morgan fingerprint density at radius 3 is 2.19 bits per heavy atom. The Morgan fingerprint density at radius 1 is 1.29 bits per heavy atom. The minimum Gasteiger partial charge on any atom is -0.493 e. The monoisotopic (exact) mass is 298 g/mol. The standard InChI is InChI=1S/C13H18N2O6/c1-7(2)12(13(16)17)14-8-5-10(20-3)11(21-4)6-9(8)15(18)19/h5-7,12,14H,1-4H3,(H,16,17). The number of benzene rings is 1. The van der Waals surface area contributed by atoms with Gasteiger partial charge in [0.05, 0.1) is 25.2 Å². The first-order valence-corrected chi connectivity index (χ1v) is 6.21. The average Bonchev–Trinajstić information content (AvgIpc) is 2.42. The number of nitrogens with one attached hydrogen (secondary N) is 1. The second kappa shape index (κ2) is 6.78. The normalized spacial score (nSPS) is 11.9. The molecular formula is C13H18N2O6. The first-order valence-electron chi connectivity index (χ1n) is 6.21. The molecule has 2 N–H and O–H groups in total. The maximum Gasteiger partial charge on any atom is 0.326 e. The van der Waals surface area contributed by atoms with Crippen LogP contribution >= 0.6 is 0 Å². The number of carboxylic acids is 1. The molecule has 0 bridgehead atoms. The topological polar surface area (TPSA) is 111 Å². The second-order valence-corrected chi connectivity index (χ2v) is 4.69. The summed E-state index contributed by atoms with van der Waals surface area (Å²) in [5, 5.41) is 23.0. The number of nitro benzene ring substituents is 1. The van der Waals surface area contributed by atoms with E-state index in [0.717, 1.165) is 0 Å². The van der Waals surface area contributed by atoms with Crippen LogP contribution in [0.2, 0.25) is 0 Å². The van der Waals surface area contributed by atoms with Gasteiger partial charge < -0.3 is 19.9 Å². The van der Waals surface area contributed by atoms with Crippen LogP contribution in [0.1, 0.15) is 13.8 Å². The Hall–Kier alpha value is -2.51. The molecule has 0 spiro atoms. The summed E-state index contributed by atoms with van der Waals surface area (Å²) in [7, 11) is 2.76. The molecule has 0 aliphatic carbocycles. The van der Waals surface area contributed by atoms with Crippen molar-refractivity contribution in [1.29, 1.82) is 0 Å². The third kappa shape index (κ3) is 3.74. The highest BCUT2D eigenvalue weighted by Gasteiger charge is 2.26. The number of hydrogen-bond acceptors (Lipinski definition) is 6. The van der Waals surface area contributed by atoms with Crippen LogP contribution in [0.4, 0.5) is 11.4 Å². The molecule has 0 aliphatic heterocycles. The molecule has 0 saturated heterocycles. The van der Waals surface area contributed by atoms with Crippen molar-refractivity contribution in [3.8, 4) is 11.5 Å². The molecule has 1 atom stereocenters. The van der Waals surface area contributed by atoms with Gasteiger partial charge in [0, 0.05) is 6.07 Å². The maximum absolute atomic E-state index is 11.2. The molecule has 116 valence electrons. The zero-order chi connectivity index (χ0) is 16.2. The summed E-state index contributed by atoms with van der Waals surface area (Å²) < 4.78 is 10.1. The van der Waals surface area contributed by atoms with Gasteiger partial charge in [-0.1, -0.05) is 13.8 Å². The van der Waals surface area contributed by atoms with E-state index < -0.39 is 16.9 Å². The molecule has 0 aromatic heterocycles. The van der Waals surface area contributed by atoms with Crippen LogP contribution in [0.5, 0.6) is 11.5 Å². The Morgan fingerprint density at radius 2 is 1.81 bits per heavy atom. The van der Waals surface area contributed by atoms with Crippen molar-refractivity contribution < 1.29 is 24.3 Å². The Kier molecular flexibility index (Phi) is 5.34. The van der Waals surface area contributed by atoms with Crippen molar-refractivity contribution in [3.05, 3.63) is 22.2 Å². The maximum atomic E-state index is 11.2.